The molecule has 0 bridgehead atoms. The molecule has 0 heterocycles. The van der Waals surface area contributed by atoms with Gasteiger partial charge in [-0.1, -0.05) is 45.7 Å². The predicted molar refractivity (Wildman–Crippen MR) is 88.2 cm³/mol. The van der Waals surface area contributed by atoms with Gasteiger partial charge in [0.15, 0.2) is 0 Å². The van der Waals surface area contributed by atoms with Crippen LogP contribution in [0.2, 0.25) is 5.02 Å². The van der Waals surface area contributed by atoms with Crippen LogP contribution >= 0.6 is 27.5 Å². The second kappa shape index (κ2) is 7.42. The van der Waals surface area contributed by atoms with Crippen molar-refractivity contribution in [3.63, 3.8) is 0 Å². The van der Waals surface area contributed by atoms with E-state index in [0.29, 0.717) is 10.6 Å². The average Bonchev–Trinajstić information content (AvgIpc) is 2.49. The van der Waals surface area contributed by atoms with E-state index in [-0.39, 0.29) is 6.42 Å². The van der Waals surface area contributed by atoms with Gasteiger partial charge in [0.25, 0.3) is 5.91 Å². The predicted octanol–water partition coefficient (Wildman–Crippen LogP) is 3.53. The van der Waals surface area contributed by atoms with Gasteiger partial charge in [-0.15, -0.1) is 0 Å². The number of hydrogen-bond donors (Lipinski definition) is 2. The number of benzene rings is 2. The van der Waals surface area contributed by atoms with Gasteiger partial charge in [-0.3, -0.25) is 4.79 Å². The van der Waals surface area contributed by atoms with Crippen molar-refractivity contribution < 1.29 is 14.7 Å². The molecule has 4 nitrogen and oxygen atoms in total. The largest absolute Gasteiger partial charge is 0.480 e. The minimum absolute atomic E-state index is 0.191. The highest BCUT2D eigenvalue weighted by atomic mass is 79.9. The number of amides is 1. The van der Waals surface area contributed by atoms with E-state index in [4.69, 9.17) is 11.6 Å². The van der Waals surface area contributed by atoms with E-state index in [1.165, 1.54) is 0 Å². The number of carboxylic acid groups (broad SMARTS) is 1. The van der Waals surface area contributed by atoms with Crippen LogP contribution in [0.4, 0.5) is 0 Å². The fraction of sp³-hybridized carbons (Fsp3) is 0.125. The van der Waals surface area contributed by atoms with Gasteiger partial charge in [-0.25, -0.2) is 4.79 Å². The molecule has 0 fully saturated rings. The summed E-state index contributed by atoms with van der Waals surface area (Å²) in [6.45, 7) is 0. The Labute approximate surface area is 141 Å². The molecule has 0 aliphatic rings. The highest BCUT2D eigenvalue weighted by molar-refractivity contribution is 9.10. The van der Waals surface area contributed by atoms with Crippen LogP contribution in [0, 0.1) is 0 Å². The number of carboxylic acids is 1. The van der Waals surface area contributed by atoms with Crippen LogP contribution in [0.25, 0.3) is 0 Å². The van der Waals surface area contributed by atoms with Gasteiger partial charge >= 0.3 is 5.97 Å². The van der Waals surface area contributed by atoms with E-state index in [2.05, 4.69) is 21.2 Å². The van der Waals surface area contributed by atoms with Crippen LogP contribution in [-0.2, 0) is 11.2 Å². The monoisotopic (exact) mass is 381 g/mol. The van der Waals surface area contributed by atoms with E-state index in [1.807, 2.05) is 24.3 Å². The number of hydrogen-bond acceptors (Lipinski definition) is 2. The normalized spacial score (nSPS) is 11.7. The van der Waals surface area contributed by atoms with Gasteiger partial charge in [0.05, 0.1) is 0 Å². The van der Waals surface area contributed by atoms with Gasteiger partial charge < -0.3 is 10.4 Å². The van der Waals surface area contributed by atoms with E-state index in [1.54, 1.807) is 24.3 Å². The van der Waals surface area contributed by atoms with Crippen molar-refractivity contribution in [3.05, 3.63) is 69.2 Å². The van der Waals surface area contributed by atoms with Crippen LogP contribution in [-0.4, -0.2) is 23.0 Å². The molecule has 0 aromatic heterocycles. The van der Waals surface area contributed by atoms with Crippen LogP contribution in [0.3, 0.4) is 0 Å². The summed E-state index contributed by atoms with van der Waals surface area (Å²) in [5.74, 6) is -1.53. The number of carbonyl (C=O) groups excluding carboxylic acids is 1. The highest BCUT2D eigenvalue weighted by Crippen LogP contribution is 2.18. The Morgan fingerprint density at radius 3 is 2.36 bits per heavy atom. The first-order valence-electron chi connectivity index (χ1n) is 6.50. The standard InChI is InChI=1S/C16H13BrClNO3/c17-13-4-2-1-3-11(13)9-14(16(21)22)19-15(20)10-5-7-12(18)8-6-10/h1-8,14H,9H2,(H,19,20)(H,21,22)/t14-/m0/s1. The molecule has 1 amide bonds. The number of aliphatic carboxylic acids is 1. The van der Waals surface area contributed by atoms with E-state index >= 15 is 0 Å². The molecule has 2 aromatic carbocycles. The van der Waals surface area contributed by atoms with E-state index < -0.39 is 17.9 Å². The van der Waals surface area contributed by atoms with Crippen molar-refractivity contribution >= 4 is 39.4 Å². The SMILES string of the molecule is O=C(N[C@@H](Cc1ccccc1Br)C(=O)O)c1ccc(Cl)cc1. The zero-order valence-corrected chi connectivity index (χ0v) is 13.8. The zero-order valence-electron chi connectivity index (χ0n) is 11.4. The molecule has 0 aliphatic carbocycles. The first-order chi connectivity index (χ1) is 10.5. The third-order valence-corrected chi connectivity index (χ3v) is 4.12. The lowest BCUT2D eigenvalue weighted by Gasteiger charge is -2.15. The van der Waals surface area contributed by atoms with Crippen molar-refractivity contribution in [2.75, 3.05) is 0 Å². The number of rotatable bonds is 5. The summed E-state index contributed by atoms with van der Waals surface area (Å²) in [6.07, 6.45) is 0.191. The third kappa shape index (κ3) is 4.32. The molecule has 1 atom stereocenters. The smallest absolute Gasteiger partial charge is 0.326 e. The molecule has 6 heteroatoms. The van der Waals surface area contributed by atoms with Crippen molar-refractivity contribution in [1.29, 1.82) is 0 Å². The van der Waals surface area contributed by atoms with Gasteiger partial charge in [-0.05, 0) is 35.9 Å². The molecule has 0 radical (unpaired) electrons. The summed E-state index contributed by atoms with van der Waals surface area (Å²) in [5, 5.41) is 12.4. The summed E-state index contributed by atoms with van der Waals surface area (Å²) in [4.78, 5) is 23.5. The van der Waals surface area contributed by atoms with Crippen LogP contribution in [0.1, 0.15) is 15.9 Å². The molecule has 2 N–H and O–H groups in total. The molecular formula is C16H13BrClNO3. The molecule has 2 rings (SSSR count). The Morgan fingerprint density at radius 2 is 1.77 bits per heavy atom. The Hall–Kier alpha value is -1.85. The minimum atomic E-state index is -1.09. The summed E-state index contributed by atoms with van der Waals surface area (Å²) in [7, 11) is 0. The van der Waals surface area contributed by atoms with Crippen LogP contribution < -0.4 is 5.32 Å². The summed E-state index contributed by atoms with van der Waals surface area (Å²) >= 11 is 9.14. The highest BCUT2D eigenvalue weighted by Gasteiger charge is 2.21. The zero-order chi connectivity index (χ0) is 16.1. The molecular weight excluding hydrogens is 370 g/mol. The summed E-state index contributed by atoms with van der Waals surface area (Å²) < 4.78 is 0.807. The third-order valence-electron chi connectivity index (χ3n) is 3.09. The maximum Gasteiger partial charge on any atom is 0.326 e. The molecule has 0 aliphatic heterocycles. The van der Waals surface area contributed by atoms with Crippen LogP contribution in [0.15, 0.2) is 53.0 Å². The number of halogens is 2. The summed E-state index contributed by atoms with van der Waals surface area (Å²) in [5.41, 5.74) is 1.18. The lowest BCUT2D eigenvalue weighted by molar-refractivity contribution is -0.139. The molecule has 2 aromatic rings. The Balaban J connectivity index is 2.12. The molecule has 0 saturated heterocycles. The fourth-order valence-corrected chi connectivity index (χ4v) is 2.50. The van der Waals surface area contributed by atoms with Crippen molar-refractivity contribution in [2.45, 2.75) is 12.5 Å². The molecule has 0 spiro atoms. The number of carbonyl (C=O) groups is 2. The Bertz CT molecular complexity index is 688. The first kappa shape index (κ1) is 16.5. The summed E-state index contributed by atoms with van der Waals surface area (Å²) in [6, 6.07) is 12.6. The van der Waals surface area contributed by atoms with Gasteiger partial charge in [0.1, 0.15) is 6.04 Å². The maximum atomic E-state index is 12.1. The number of nitrogens with one attached hydrogen (secondary N) is 1. The van der Waals surface area contributed by atoms with E-state index in [9.17, 15) is 14.7 Å². The maximum absolute atomic E-state index is 12.1. The Kier molecular flexibility index (Phi) is 5.57. The van der Waals surface area contributed by atoms with E-state index in [0.717, 1.165) is 10.0 Å². The van der Waals surface area contributed by atoms with Crippen molar-refractivity contribution in [1.82, 2.24) is 5.32 Å². The van der Waals surface area contributed by atoms with Gasteiger partial charge in [0.2, 0.25) is 0 Å². The second-order valence-corrected chi connectivity index (χ2v) is 5.96. The average molecular weight is 383 g/mol. The minimum Gasteiger partial charge on any atom is -0.480 e. The second-order valence-electron chi connectivity index (χ2n) is 4.67. The quantitative estimate of drug-likeness (QED) is 0.831. The molecule has 22 heavy (non-hydrogen) atoms. The molecule has 0 unspecified atom stereocenters. The van der Waals surface area contributed by atoms with Crippen molar-refractivity contribution in [2.24, 2.45) is 0 Å². The fourth-order valence-electron chi connectivity index (χ4n) is 1.93. The van der Waals surface area contributed by atoms with Gasteiger partial charge in [-0.2, -0.15) is 0 Å². The van der Waals surface area contributed by atoms with Gasteiger partial charge in [0, 0.05) is 21.5 Å². The van der Waals surface area contributed by atoms with Crippen LogP contribution in [0.5, 0.6) is 0 Å². The Morgan fingerprint density at radius 1 is 1.14 bits per heavy atom. The topological polar surface area (TPSA) is 66.4 Å². The van der Waals surface area contributed by atoms with Crippen molar-refractivity contribution in [3.8, 4) is 0 Å². The first-order valence-corrected chi connectivity index (χ1v) is 7.67. The molecule has 114 valence electrons. The lowest BCUT2D eigenvalue weighted by atomic mass is 10.1. The lowest BCUT2D eigenvalue weighted by Crippen LogP contribution is -2.42. The molecule has 0 saturated carbocycles.